The van der Waals surface area contributed by atoms with Gasteiger partial charge in [-0.1, -0.05) is 12.1 Å². The van der Waals surface area contributed by atoms with E-state index in [0.717, 1.165) is 24.3 Å². The van der Waals surface area contributed by atoms with Gasteiger partial charge in [0.2, 0.25) is 5.82 Å². The van der Waals surface area contributed by atoms with Crippen LogP contribution in [0.15, 0.2) is 24.3 Å². The molecule has 0 saturated carbocycles. The summed E-state index contributed by atoms with van der Waals surface area (Å²) in [5.74, 6) is -3.81. The molecule has 1 aromatic rings. The van der Waals surface area contributed by atoms with Crippen LogP contribution in [0.25, 0.3) is 6.08 Å². The molecule has 7 heteroatoms. The van der Waals surface area contributed by atoms with E-state index in [4.69, 9.17) is 5.11 Å². The second-order valence-corrected chi connectivity index (χ2v) is 2.97. The minimum absolute atomic E-state index is 0.160. The van der Waals surface area contributed by atoms with Crippen molar-refractivity contribution < 1.29 is 24.0 Å². The minimum atomic E-state index is -1.64. The Bertz CT molecular complexity index is 523. The Balaban J connectivity index is 3.01. The summed E-state index contributed by atoms with van der Waals surface area (Å²) in [5, 5.41) is 18.7. The highest BCUT2D eigenvalue weighted by Crippen LogP contribution is 2.19. The largest absolute Gasteiger partial charge is 0.475 e. The molecule has 1 rings (SSSR count). The first-order valence-corrected chi connectivity index (χ1v) is 4.31. The van der Waals surface area contributed by atoms with Crippen LogP contribution in [0.4, 0.5) is 10.1 Å². The lowest BCUT2D eigenvalue weighted by Gasteiger charge is -1.95. The molecule has 0 spiro atoms. The van der Waals surface area contributed by atoms with Crippen molar-refractivity contribution in [1.29, 1.82) is 0 Å². The SMILES string of the molecule is O=C(O)C(=O)/C=C/c1ccc(F)c([N+](=O)[O-])c1. The molecule has 0 aliphatic heterocycles. The zero-order valence-electron chi connectivity index (χ0n) is 8.29. The number of benzene rings is 1. The Kier molecular flexibility index (Phi) is 3.66. The Morgan fingerprint density at radius 3 is 2.59 bits per heavy atom. The van der Waals surface area contributed by atoms with E-state index < -0.39 is 28.2 Å². The normalized spacial score (nSPS) is 10.4. The van der Waals surface area contributed by atoms with Gasteiger partial charge in [-0.3, -0.25) is 14.9 Å². The number of rotatable bonds is 4. The summed E-state index contributed by atoms with van der Waals surface area (Å²) < 4.78 is 12.9. The summed E-state index contributed by atoms with van der Waals surface area (Å²) >= 11 is 0. The maximum absolute atomic E-state index is 12.9. The van der Waals surface area contributed by atoms with Gasteiger partial charge in [-0.05, 0) is 17.7 Å². The number of ketones is 1. The summed E-state index contributed by atoms with van der Waals surface area (Å²) in [6.07, 6.45) is 1.79. The molecule has 88 valence electrons. The standard InChI is InChI=1S/C10H6FNO5/c11-7-3-1-6(5-8(7)12(16)17)2-4-9(13)10(14)15/h1-5H,(H,14,15)/b4-2+. The lowest BCUT2D eigenvalue weighted by molar-refractivity contribution is -0.387. The molecule has 0 atom stereocenters. The molecule has 0 aliphatic rings. The van der Waals surface area contributed by atoms with Crippen LogP contribution in [0.5, 0.6) is 0 Å². The third-order valence-electron chi connectivity index (χ3n) is 1.80. The van der Waals surface area contributed by atoms with E-state index >= 15 is 0 Å². The molecule has 1 aromatic carbocycles. The van der Waals surface area contributed by atoms with E-state index in [-0.39, 0.29) is 5.56 Å². The van der Waals surface area contributed by atoms with E-state index in [1.54, 1.807) is 0 Å². The summed E-state index contributed by atoms with van der Waals surface area (Å²) in [4.78, 5) is 30.4. The second kappa shape index (κ2) is 4.97. The fourth-order valence-corrected chi connectivity index (χ4v) is 1.02. The van der Waals surface area contributed by atoms with E-state index in [0.29, 0.717) is 0 Å². The van der Waals surface area contributed by atoms with E-state index in [9.17, 15) is 24.1 Å². The van der Waals surface area contributed by atoms with Gasteiger partial charge in [-0.2, -0.15) is 4.39 Å². The predicted molar refractivity (Wildman–Crippen MR) is 54.7 cm³/mol. The zero-order chi connectivity index (χ0) is 13.0. The molecule has 0 aromatic heterocycles. The fraction of sp³-hybridized carbons (Fsp3) is 0. The molecular formula is C10H6FNO5. The molecule has 0 heterocycles. The number of halogens is 1. The number of nitro benzene ring substituents is 1. The summed E-state index contributed by atoms with van der Waals surface area (Å²) in [5.41, 5.74) is -0.581. The van der Waals surface area contributed by atoms with Gasteiger partial charge in [0.15, 0.2) is 0 Å². The van der Waals surface area contributed by atoms with Crippen molar-refractivity contribution in [2.24, 2.45) is 0 Å². The first kappa shape index (κ1) is 12.5. The molecular weight excluding hydrogens is 233 g/mol. The summed E-state index contributed by atoms with van der Waals surface area (Å²) in [7, 11) is 0. The third kappa shape index (κ3) is 3.20. The van der Waals surface area contributed by atoms with Crippen LogP contribution in [0.1, 0.15) is 5.56 Å². The highest BCUT2D eigenvalue weighted by atomic mass is 19.1. The topological polar surface area (TPSA) is 97.5 Å². The van der Waals surface area contributed by atoms with Gasteiger partial charge in [-0.25, -0.2) is 4.79 Å². The van der Waals surface area contributed by atoms with Crippen molar-refractivity contribution >= 4 is 23.5 Å². The van der Waals surface area contributed by atoms with Gasteiger partial charge in [0.25, 0.3) is 5.78 Å². The zero-order valence-corrected chi connectivity index (χ0v) is 8.29. The van der Waals surface area contributed by atoms with Gasteiger partial charge in [-0.15, -0.1) is 0 Å². The Morgan fingerprint density at radius 2 is 2.06 bits per heavy atom. The van der Waals surface area contributed by atoms with Crippen molar-refractivity contribution in [3.05, 3.63) is 45.8 Å². The first-order valence-electron chi connectivity index (χ1n) is 4.31. The van der Waals surface area contributed by atoms with Crippen LogP contribution in [-0.4, -0.2) is 21.8 Å². The third-order valence-corrected chi connectivity index (χ3v) is 1.80. The van der Waals surface area contributed by atoms with Crippen molar-refractivity contribution in [3.63, 3.8) is 0 Å². The van der Waals surface area contributed by atoms with Gasteiger partial charge in [0.05, 0.1) is 4.92 Å². The Hall–Kier alpha value is -2.57. The van der Waals surface area contributed by atoms with Crippen molar-refractivity contribution in [2.75, 3.05) is 0 Å². The maximum Gasteiger partial charge on any atom is 0.376 e. The van der Waals surface area contributed by atoms with Crippen LogP contribution in [0.3, 0.4) is 0 Å². The monoisotopic (exact) mass is 239 g/mol. The number of hydrogen-bond donors (Lipinski definition) is 1. The lowest BCUT2D eigenvalue weighted by atomic mass is 10.1. The second-order valence-electron chi connectivity index (χ2n) is 2.97. The molecule has 0 radical (unpaired) electrons. The van der Waals surface area contributed by atoms with Gasteiger partial charge < -0.3 is 5.11 Å². The molecule has 0 bridgehead atoms. The van der Waals surface area contributed by atoms with E-state index in [1.807, 2.05) is 0 Å². The molecule has 0 unspecified atom stereocenters. The fourth-order valence-electron chi connectivity index (χ4n) is 1.02. The molecule has 0 saturated heterocycles. The molecule has 6 nitrogen and oxygen atoms in total. The highest BCUT2D eigenvalue weighted by molar-refractivity contribution is 6.38. The number of carboxylic acid groups (broad SMARTS) is 1. The average Bonchev–Trinajstić information content (AvgIpc) is 2.26. The minimum Gasteiger partial charge on any atom is -0.475 e. The number of nitrogens with zero attached hydrogens (tertiary/aromatic N) is 1. The molecule has 0 aliphatic carbocycles. The quantitative estimate of drug-likeness (QED) is 0.370. The smallest absolute Gasteiger partial charge is 0.376 e. The summed E-state index contributed by atoms with van der Waals surface area (Å²) in [6.45, 7) is 0. The number of carbonyl (C=O) groups is 2. The Labute approximate surface area is 94.1 Å². The van der Waals surface area contributed by atoms with Crippen LogP contribution in [0, 0.1) is 15.9 Å². The first-order chi connectivity index (χ1) is 7.91. The van der Waals surface area contributed by atoms with Crippen molar-refractivity contribution in [3.8, 4) is 0 Å². The van der Waals surface area contributed by atoms with Gasteiger partial charge >= 0.3 is 11.7 Å². The number of carboxylic acids is 1. The molecule has 1 N–H and O–H groups in total. The maximum atomic E-state index is 12.9. The number of hydrogen-bond acceptors (Lipinski definition) is 4. The van der Waals surface area contributed by atoms with E-state index in [1.165, 1.54) is 6.07 Å². The van der Waals surface area contributed by atoms with Crippen LogP contribution in [0.2, 0.25) is 0 Å². The number of carbonyl (C=O) groups excluding carboxylic acids is 1. The van der Waals surface area contributed by atoms with Crippen molar-refractivity contribution in [2.45, 2.75) is 0 Å². The molecule has 0 fully saturated rings. The number of aliphatic carboxylic acids is 1. The predicted octanol–water partition coefficient (Wildman–Crippen LogP) is 1.40. The average molecular weight is 239 g/mol. The van der Waals surface area contributed by atoms with Gasteiger partial charge in [0, 0.05) is 6.07 Å². The van der Waals surface area contributed by atoms with Crippen LogP contribution in [-0.2, 0) is 9.59 Å². The lowest BCUT2D eigenvalue weighted by Crippen LogP contribution is -2.08. The molecule has 0 amide bonds. The van der Waals surface area contributed by atoms with Crippen molar-refractivity contribution in [1.82, 2.24) is 0 Å². The van der Waals surface area contributed by atoms with Crippen LogP contribution < -0.4 is 0 Å². The van der Waals surface area contributed by atoms with Gasteiger partial charge in [0.1, 0.15) is 0 Å². The Morgan fingerprint density at radius 1 is 1.41 bits per heavy atom. The number of nitro groups is 1. The molecule has 17 heavy (non-hydrogen) atoms. The summed E-state index contributed by atoms with van der Waals surface area (Å²) in [6, 6.07) is 2.96. The van der Waals surface area contributed by atoms with Crippen LogP contribution >= 0.6 is 0 Å². The van der Waals surface area contributed by atoms with E-state index in [2.05, 4.69) is 0 Å². The highest BCUT2D eigenvalue weighted by Gasteiger charge is 2.13.